The van der Waals surface area contributed by atoms with Crippen LogP contribution in [0.3, 0.4) is 0 Å². The maximum absolute atomic E-state index is 4.24. The number of aromatic nitrogens is 2. The van der Waals surface area contributed by atoms with E-state index in [0.29, 0.717) is 6.04 Å². The van der Waals surface area contributed by atoms with Crippen LogP contribution in [0.2, 0.25) is 0 Å². The minimum absolute atomic E-state index is 0.429. The van der Waals surface area contributed by atoms with Crippen molar-refractivity contribution in [3.8, 4) is 0 Å². The molecule has 0 bridgehead atoms. The lowest BCUT2D eigenvalue weighted by Crippen LogP contribution is -2.20. The summed E-state index contributed by atoms with van der Waals surface area (Å²) >= 11 is 3.45. The fourth-order valence-corrected chi connectivity index (χ4v) is 2.61. The molecule has 1 aromatic heterocycles. The highest BCUT2D eigenvalue weighted by molar-refractivity contribution is 9.10. The fraction of sp³-hybridized carbons (Fsp3) is 0.231. The van der Waals surface area contributed by atoms with Crippen molar-refractivity contribution in [3.05, 3.63) is 52.4 Å². The van der Waals surface area contributed by atoms with E-state index in [9.17, 15) is 0 Å². The van der Waals surface area contributed by atoms with Gasteiger partial charge in [-0.3, -0.25) is 0 Å². The summed E-state index contributed by atoms with van der Waals surface area (Å²) in [4.78, 5) is 8.20. The molecule has 0 fully saturated rings. The first-order chi connectivity index (χ1) is 8.33. The van der Waals surface area contributed by atoms with Crippen LogP contribution in [-0.2, 0) is 12.8 Å². The Kier molecular flexibility index (Phi) is 2.81. The fourth-order valence-electron chi connectivity index (χ4n) is 2.27. The molecule has 0 amide bonds. The third-order valence-electron chi connectivity index (χ3n) is 3.06. The number of halogens is 1. The van der Waals surface area contributed by atoms with Crippen LogP contribution in [0.25, 0.3) is 0 Å². The zero-order chi connectivity index (χ0) is 11.7. The molecule has 0 aliphatic heterocycles. The lowest BCUT2D eigenvalue weighted by atomic mass is 10.1. The third kappa shape index (κ3) is 2.17. The molecule has 1 aliphatic carbocycles. The lowest BCUT2D eigenvalue weighted by Gasteiger charge is -2.13. The van der Waals surface area contributed by atoms with Crippen LogP contribution >= 0.6 is 15.9 Å². The molecule has 0 unspecified atom stereocenters. The van der Waals surface area contributed by atoms with E-state index in [4.69, 9.17) is 0 Å². The van der Waals surface area contributed by atoms with Crippen LogP contribution < -0.4 is 5.32 Å². The Morgan fingerprint density at radius 2 is 1.88 bits per heavy atom. The number of benzene rings is 1. The summed E-state index contributed by atoms with van der Waals surface area (Å²) in [6.07, 6.45) is 5.45. The Balaban J connectivity index is 1.76. The molecule has 4 heteroatoms. The maximum atomic E-state index is 4.24. The van der Waals surface area contributed by atoms with Gasteiger partial charge in [0.25, 0.3) is 0 Å². The third-order valence-corrected chi connectivity index (χ3v) is 3.64. The number of nitrogens with one attached hydrogen (secondary N) is 1. The largest absolute Gasteiger partial charge is 0.366 e. The van der Waals surface area contributed by atoms with E-state index in [-0.39, 0.29) is 0 Å². The van der Waals surface area contributed by atoms with Crippen molar-refractivity contribution >= 4 is 21.7 Å². The van der Waals surface area contributed by atoms with Crippen molar-refractivity contribution in [2.45, 2.75) is 18.9 Å². The van der Waals surface area contributed by atoms with Crippen LogP contribution in [0, 0.1) is 0 Å². The Bertz CT molecular complexity index is 517. The average molecular weight is 290 g/mol. The summed E-state index contributed by atoms with van der Waals surface area (Å²) in [6, 6.07) is 9.03. The number of hydrogen-bond donors (Lipinski definition) is 1. The van der Waals surface area contributed by atoms with Gasteiger partial charge >= 0.3 is 0 Å². The first kappa shape index (κ1) is 10.7. The predicted molar refractivity (Wildman–Crippen MR) is 71.0 cm³/mol. The van der Waals surface area contributed by atoms with Gasteiger partial charge in [-0.1, -0.05) is 24.3 Å². The molecule has 2 aromatic rings. The molecule has 0 saturated heterocycles. The molecule has 86 valence electrons. The molecule has 1 heterocycles. The van der Waals surface area contributed by atoms with Crippen molar-refractivity contribution < 1.29 is 0 Å². The Labute approximate surface area is 108 Å². The van der Waals surface area contributed by atoms with Gasteiger partial charge in [-0.05, 0) is 39.9 Å². The number of nitrogens with zero attached hydrogens (tertiary/aromatic N) is 2. The summed E-state index contributed by atoms with van der Waals surface area (Å²) in [5, 5.41) is 3.46. The standard InChI is InChI=1S/C13H12BrN3/c14-12-7-15-8-16-13(12)17-11-5-9-3-1-2-4-10(9)6-11/h1-4,7-8,11H,5-6H2,(H,15,16,17). The zero-order valence-electron chi connectivity index (χ0n) is 9.23. The van der Waals surface area contributed by atoms with Crippen molar-refractivity contribution in [2.24, 2.45) is 0 Å². The van der Waals surface area contributed by atoms with Gasteiger partial charge in [0.1, 0.15) is 12.1 Å². The second-order valence-corrected chi connectivity index (χ2v) is 5.09. The van der Waals surface area contributed by atoms with Crippen LogP contribution in [0.15, 0.2) is 41.3 Å². The second-order valence-electron chi connectivity index (χ2n) is 4.24. The highest BCUT2D eigenvalue weighted by atomic mass is 79.9. The van der Waals surface area contributed by atoms with Crippen LogP contribution in [-0.4, -0.2) is 16.0 Å². The van der Waals surface area contributed by atoms with Gasteiger partial charge in [0, 0.05) is 12.2 Å². The van der Waals surface area contributed by atoms with Gasteiger partial charge in [-0.15, -0.1) is 0 Å². The monoisotopic (exact) mass is 289 g/mol. The Morgan fingerprint density at radius 3 is 2.53 bits per heavy atom. The van der Waals surface area contributed by atoms with Crippen molar-refractivity contribution in [1.82, 2.24) is 9.97 Å². The Hall–Kier alpha value is -1.42. The summed E-state index contributed by atoms with van der Waals surface area (Å²) in [6.45, 7) is 0. The summed E-state index contributed by atoms with van der Waals surface area (Å²) < 4.78 is 0.913. The smallest absolute Gasteiger partial charge is 0.143 e. The van der Waals surface area contributed by atoms with Gasteiger partial charge in [-0.2, -0.15) is 0 Å². The predicted octanol–water partition coefficient (Wildman–Crippen LogP) is 2.82. The normalized spacial score (nSPS) is 14.6. The molecule has 3 rings (SSSR count). The van der Waals surface area contributed by atoms with Gasteiger partial charge in [0.05, 0.1) is 4.47 Å². The zero-order valence-corrected chi connectivity index (χ0v) is 10.8. The molecule has 17 heavy (non-hydrogen) atoms. The van der Waals surface area contributed by atoms with E-state index < -0.39 is 0 Å². The maximum Gasteiger partial charge on any atom is 0.143 e. The summed E-state index contributed by atoms with van der Waals surface area (Å²) in [5.41, 5.74) is 2.88. The van der Waals surface area contributed by atoms with E-state index in [0.717, 1.165) is 23.1 Å². The van der Waals surface area contributed by atoms with Gasteiger partial charge in [0.15, 0.2) is 0 Å². The van der Waals surface area contributed by atoms with Gasteiger partial charge < -0.3 is 5.32 Å². The first-order valence-corrected chi connectivity index (χ1v) is 6.41. The SMILES string of the molecule is Brc1cncnc1NC1Cc2ccccc2C1. The molecule has 0 atom stereocenters. The number of rotatable bonds is 2. The van der Waals surface area contributed by atoms with Crippen molar-refractivity contribution in [2.75, 3.05) is 5.32 Å². The molecular weight excluding hydrogens is 278 g/mol. The number of anilines is 1. The minimum atomic E-state index is 0.429. The summed E-state index contributed by atoms with van der Waals surface area (Å²) in [5.74, 6) is 0.873. The van der Waals surface area contributed by atoms with E-state index in [1.54, 1.807) is 12.5 Å². The van der Waals surface area contributed by atoms with Crippen LogP contribution in [0.1, 0.15) is 11.1 Å². The molecule has 3 nitrogen and oxygen atoms in total. The van der Waals surface area contributed by atoms with Gasteiger partial charge in [-0.25, -0.2) is 9.97 Å². The summed E-state index contributed by atoms with van der Waals surface area (Å²) in [7, 11) is 0. The molecule has 0 radical (unpaired) electrons. The molecular formula is C13H12BrN3. The van der Waals surface area contributed by atoms with Crippen molar-refractivity contribution in [3.63, 3.8) is 0 Å². The second kappa shape index (κ2) is 4.45. The Morgan fingerprint density at radius 1 is 1.18 bits per heavy atom. The van der Waals surface area contributed by atoms with Crippen LogP contribution in [0.5, 0.6) is 0 Å². The highest BCUT2D eigenvalue weighted by Gasteiger charge is 2.21. The molecule has 0 saturated carbocycles. The quantitative estimate of drug-likeness (QED) is 0.924. The lowest BCUT2D eigenvalue weighted by molar-refractivity contribution is 0.767. The molecule has 1 N–H and O–H groups in total. The molecule has 1 aliphatic rings. The molecule has 0 spiro atoms. The van der Waals surface area contributed by atoms with E-state index in [1.165, 1.54) is 11.1 Å². The number of hydrogen-bond acceptors (Lipinski definition) is 3. The number of fused-ring (bicyclic) bond motifs is 1. The van der Waals surface area contributed by atoms with Gasteiger partial charge in [0.2, 0.25) is 0 Å². The van der Waals surface area contributed by atoms with Crippen molar-refractivity contribution in [1.29, 1.82) is 0 Å². The topological polar surface area (TPSA) is 37.8 Å². The minimum Gasteiger partial charge on any atom is -0.366 e. The van der Waals surface area contributed by atoms with Crippen LogP contribution in [0.4, 0.5) is 5.82 Å². The first-order valence-electron chi connectivity index (χ1n) is 5.62. The highest BCUT2D eigenvalue weighted by Crippen LogP contribution is 2.26. The van der Waals surface area contributed by atoms with E-state index in [2.05, 4.69) is 55.5 Å². The molecule has 1 aromatic carbocycles. The van der Waals surface area contributed by atoms with E-state index in [1.807, 2.05) is 0 Å². The average Bonchev–Trinajstić information content (AvgIpc) is 2.74. The van der Waals surface area contributed by atoms with E-state index >= 15 is 0 Å².